The summed E-state index contributed by atoms with van der Waals surface area (Å²) in [5, 5.41) is 0. The second-order valence-electron chi connectivity index (χ2n) is 8.95. The Bertz CT molecular complexity index is 546. The van der Waals surface area contributed by atoms with E-state index in [2.05, 4.69) is 70.7 Å². The predicted molar refractivity (Wildman–Crippen MR) is 123 cm³/mol. The highest BCUT2D eigenvalue weighted by Gasteiger charge is 2.25. The van der Waals surface area contributed by atoms with E-state index in [-0.39, 0.29) is 5.92 Å². The summed E-state index contributed by atoms with van der Waals surface area (Å²) in [5.74, 6) is 0.527. The van der Waals surface area contributed by atoms with Gasteiger partial charge in [-0.3, -0.25) is 4.79 Å². The molecule has 1 rings (SSSR count). The molecule has 1 unspecified atom stereocenters. The van der Waals surface area contributed by atoms with Gasteiger partial charge in [0.05, 0.1) is 0 Å². The van der Waals surface area contributed by atoms with Gasteiger partial charge in [0.2, 0.25) is 5.91 Å². The van der Waals surface area contributed by atoms with Crippen LogP contribution in [0.2, 0.25) is 0 Å². The number of likely N-dealkylation sites (tertiary alicyclic amines) is 1. The summed E-state index contributed by atoms with van der Waals surface area (Å²) in [5.41, 5.74) is 5.56. The van der Waals surface area contributed by atoms with Gasteiger partial charge in [-0.15, -0.1) is 0 Å². The monoisotopic (exact) mass is 385 g/mol. The van der Waals surface area contributed by atoms with Gasteiger partial charge in [0.15, 0.2) is 0 Å². The lowest BCUT2D eigenvalue weighted by atomic mass is 9.96. The maximum atomic E-state index is 13.0. The molecule has 2 nitrogen and oxygen atoms in total. The fourth-order valence-corrected chi connectivity index (χ4v) is 3.58. The Morgan fingerprint density at radius 3 is 2.00 bits per heavy atom. The topological polar surface area (TPSA) is 20.3 Å². The molecule has 0 aromatic heterocycles. The Morgan fingerprint density at radius 2 is 1.43 bits per heavy atom. The van der Waals surface area contributed by atoms with Crippen molar-refractivity contribution in [2.24, 2.45) is 5.92 Å². The van der Waals surface area contributed by atoms with Gasteiger partial charge < -0.3 is 4.90 Å². The highest BCUT2D eigenvalue weighted by atomic mass is 16.2. The SMILES string of the molecule is CC(C)=CCCC(C)=CCC1CCCCN(CC=C(C)CCC=C(C)C)C1=O. The first kappa shape index (κ1) is 24.5. The van der Waals surface area contributed by atoms with Crippen molar-refractivity contribution in [2.45, 2.75) is 92.9 Å². The van der Waals surface area contributed by atoms with E-state index in [4.69, 9.17) is 0 Å². The van der Waals surface area contributed by atoms with Gasteiger partial charge in [-0.2, -0.15) is 0 Å². The van der Waals surface area contributed by atoms with E-state index in [1.54, 1.807) is 0 Å². The van der Waals surface area contributed by atoms with Gasteiger partial charge >= 0.3 is 0 Å². The van der Waals surface area contributed by atoms with E-state index in [1.165, 1.54) is 28.7 Å². The second-order valence-corrected chi connectivity index (χ2v) is 8.95. The summed E-state index contributed by atoms with van der Waals surface area (Å²) in [6.45, 7) is 14.7. The number of amides is 1. The van der Waals surface area contributed by atoms with Crippen LogP contribution in [-0.2, 0) is 4.79 Å². The molecule has 0 spiro atoms. The van der Waals surface area contributed by atoms with E-state index in [9.17, 15) is 4.79 Å². The lowest BCUT2D eigenvalue weighted by Crippen LogP contribution is -2.35. The minimum Gasteiger partial charge on any atom is -0.339 e. The largest absolute Gasteiger partial charge is 0.339 e. The zero-order valence-corrected chi connectivity index (χ0v) is 19.3. The minimum absolute atomic E-state index is 0.167. The number of nitrogens with zero attached hydrogens (tertiary/aromatic N) is 1. The molecule has 1 aliphatic rings. The van der Waals surface area contributed by atoms with Crippen molar-refractivity contribution in [1.82, 2.24) is 4.90 Å². The Morgan fingerprint density at radius 1 is 0.857 bits per heavy atom. The van der Waals surface area contributed by atoms with Gasteiger partial charge in [0.25, 0.3) is 0 Å². The number of hydrogen-bond acceptors (Lipinski definition) is 1. The van der Waals surface area contributed by atoms with Gasteiger partial charge in [-0.25, -0.2) is 0 Å². The molecule has 158 valence electrons. The van der Waals surface area contributed by atoms with Crippen molar-refractivity contribution in [1.29, 1.82) is 0 Å². The molecule has 0 aromatic rings. The van der Waals surface area contributed by atoms with Crippen molar-refractivity contribution in [3.8, 4) is 0 Å². The van der Waals surface area contributed by atoms with Crippen LogP contribution in [0, 0.1) is 5.92 Å². The Balaban J connectivity index is 2.57. The van der Waals surface area contributed by atoms with Crippen LogP contribution in [0.5, 0.6) is 0 Å². The van der Waals surface area contributed by atoms with Crippen LogP contribution >= 0.6 is 0 Å². The zero-order valence-electron chi connectivity index (χ0n) is 19.3. The van der Waals surface area contributed by atoms with Crippen molar-refractivity contribution >= 4 is 5.91 Å². The lowest BCUT2D eigenvalue weighted by Gasteiger charge is -2.23. The van der Waals surface area contributed by atoms with Crippen LogP contribution < -0.4 is 0 Å². The molecule has 1 atom stereocenters. The van der Waals surface area contributed by atoms with Crippen LogP contribution in [0.1, 0.15) is 92.9 Å². The molecular formula is C26H43NO. The maximum absolute atomic E-state index is 13.0. The van der Waals surface area contributed by atoms with Crippen molar-refractivity contribution in [2.75, 3.05) is 13.1 Å². The normalized spacial score (nSPS) is 18.7. The maximum Gasteiger partial charge on any atom is 0.226 e. The summed E-state index contributed by atoms with van der Waals surface area (Å²) < 4.78 is 0. The quantitative estimate of drug-likeness (QED) is 0.359. The smallest absolute Gasteiger partial charge is 0.226 e. The van der Waals surface area contributed by atoms with Gasteiger partial charge in [0, 0.05) is 19.0 Å². The van der Waals surface area contributed by atoms with Crippen LogP contribution in [0.4, 0.5) is 0 Å². The third kappa shape index (κ3) is 10.7. The highest BCUT2D eigenvalue weighted by molar-refractivity contribution is 5.79. The number of carbonyl (C=O) groups is 1. The minimum atomic E-state index is 0.167. The van der Waals surface area contributed by atoms with Crippen molar-refractivity contribution < 1.29 is 4.79 Å². The number of allylic oxidation sites excluding steroid dienone is 7. The van der Waals surface area contributed by atoms with E-state index < -0.39 is 0 Å². The highest BCUT2D eigenvalue weighted by Crippen LogP contribution is 2.23. The van der Waals surface area contributed by atoms with E-state index >= 15 is 0 Å². The molecule has 0 N–H and O–H groups in total. The van der Waals surface area contributed by atoms with Crippen LogP contribution in [-0.4, -0.2) is 23.9 Å². The number of hydrogen-bond donors (Lipinski definition) is 0. The van der Waals surface area contributed by atoms with E-state index in [1.807, 2.05) is 0 Å². The Kier molecular flexibility index (Phi) is 11.9. The van der Waals surface area contributed by atoms with Crippen molar-refractivity contribution in [3.05, 3.63) is 46.6 Å². The average molecular weight is 386 g/mol. The third-order valence-corrected chi connectivity index (χ3v) is 5.49. The number of carbonyl (C=O) groups excluding carboxylic acids is 1. The summed E-state index contributed by atoms with van der Waals surface area (Å²) in [6.07, 6.45) is 17.8. The van der Waals surface area contributed by atoms with Crippen LogP contribution in [0.15, 0.2) is 46.6 Å². The first-order chi connectivity index (χ1) is 13.3. The Labute approximate surface area is 174 Å². The fraction of sp³-hybridized carbons (Fsp3) is 0.654. The summed E-state index contributed by atoms with van der Waals surface area (Å²) >= 11 is 0. The van der Waals surface area contributed by atoms with Gasteiger partial charge in [-0.1, -0.05) is 53.0 Å². The average Bonchev–Trinajstić information content (AvgIpc) is 2.79. The molecule has 1 aliphatic heterocycles. The molecule has 0 radical (unpaired) electrons. The van der Waals surface area contributed by atoms with E-state index in [0.29, 0.717) is 5.91 Å². The molecule has 0 aromatic carbocycles. The summed E-state index contributed by atoms with van der Waals surface area (Å²) in [4.78, 5) is 15.1. The predicted octanol–water partition coefficient (Wildman–Crippen LogP) is 7.39. The molecule has 0 aliphatic carbocycles. The van der Waals surface area contributed by atoms with E-state index in [0.717, 1.165) is 58.0 Å². The third-order valence-electron chi connectivity index (χ3n) is 5.49. The first-order valence-electron chi connectivity index (χ1n) is 11.2. The van der Waals surface area contributed by atoms with Crippen LogP contribution in [0.25, 0.3) is 0 Å². The van der Waals surface area contributed by atoms with Crippen molar-refractivity contribution in [3.63, 3.8) is 0 Å². The molecule has 1 amide bonds. The van der Waals surface area contributed by atoms with Gasteiger partial charge in [-0.05, 0) is 86.5 Å². The molecule has 0 bridgehead atoms. The molecule has 0 saturated carbocycles. The molecule has 1 fully saturated rings. The molecule has 28 heavy (non-hydrogen) atoms. The fourth-order valence-electron chi connectivity index (χ4n) is 3.58. The Hall–Kier alpha value is -1.57. The molecule has 1 heterocycles. The molecular weight excluding hydrogens is 342 g/mol. The standard InChI is InChI=1S/C26H43NO/c1-21(2)11-9-13-23(5)16-17-25-15-7-8-19-27(26(25)28)20-18-24(6)14-10-12-22(3)4/h11-12,16,18,25H,7-10,13-15,17,19-20H2,1-6H3. The molecule has 2 heteroatoms. The second kappa shape index (κ2) is 13.6. The summed E-state index contributed by atoms with van der Waals surface area (Å²) in [7, 11) is 0. The molecule has 1 saturated heterocycles. The zero-order chi connectivity index (χ0) is 20.9. The lowest BCUT2D eigenvalue weighted by molar-refractivity contribution is -0.134. The van der Waals surface area contributed by atoms with Gasteiger partial charge in [0.1, 0.15) is 0 Å². The number of rotatable bonds is 10. The first-order valence-corrected chi connectivity index (χ1v) is 11.2. The summed E-state index contributed by atoms with van der Waals surface area (Å²) in [6, 6.07) is 0. The van der Waals surface area contributed by atoms with Crippen LogP contribution in [0.3, 0.4) is 0 Å².